The number of nitrogens with two attached hydrogens (primary N) is 1. The van der Waals surface area contributed by atoms with Crippen LogP contribution in [-0.2, 0) is 26.3 Å². The molecule has 1 aliphatic carbocycles. The van der Waals surface area contributed by atoms with E-state index in [0.717, 1.165) is 12.2 Å². The van der Waals surface area contributed by atoms with Gasteiger partial charge in [0.25, 0.3) is 0 Å². The number of thiophene rings is 1. The molecule has 0 saturated heterocycles. The van der Waals surface area contributed by atoms with Crippen LogP contribution in [0.4, 0.5) is 0 Å². The van der Waals surface area contributed by atoms with Gasteiger partial charge in [-0.25, -0.2) is 4.98 Å². The number of imidazole rings is 1. The summed E-state index contributed by atoms with van der Waals surface area (Å²) in [5.74, 6) is 1.06. The van der Waals surface area contributed by atoms with E-state index >= 15 is 0 Å². The van der Waals surface area contributed by atoms with E-state index in [4.69, 9.17) is 5.73 Å². The van der Waals surface area contributed by atoms with Crippen molar-refractivity contribution in [1.29, 1.82) is 0 Å². The zero-order valence-corrected chi connectivity index (χ0v) is 11.5. The summed E-state index contributed by atoms with van der Waals surface area (Å²) < 4.78 is 2.05. The molecule has 3 rings (SSSR count). The monoisotopic (exact) mass is 261 g/mol. The van der Waals surface area contributed by atoms with Crippen LogP contribution >= 0.6 is 11.3 Å². The van der Waals surface area contributed by atoms with Crippen LogP contribution < -0.4 is 5.73 Å². The van der Waals surface area contributed by atoms with E-state index in [1.165, 1.54) is 36.1 Å². The second-order valence-corrected chi connectivity index (χ2v) is 6.24. The highest BCUT2D eigenvalue weighted by atomic mass is 32.1. The Balaban J connectivity index is 1.78. The average molecular weight is 261 g/mol. The number of hydrogen-bond acceptors (Lipinski definition) is 3. The molecule has 0 fully saturated rings. The van der Waals surface area contributed by atoms with Gasteiger partial charge >= 0.3 is 0 Å². The highest BCUT2D eigenvalue weighted by molar-refractivity contribution is 7.12. The van der Waals surface area contributed by atoms with E-state index in [1.54, 1.807) is 4.88 Å². The van der Waals surface area contributed by atoms with E-state index in [2.05, 4.69) is 11.1 Å². The zero-order valence-electron chi connectivity index (χ0n) is 10.7. The Hall–Kier alpha value is -1.13. The lowest BCUT2D eigenvalue weighted by molar-refractivity contribution is 0.667. The average Bonchev–Trinajstić information content (AvgIpc) is 2.96. The standard InChI is InChI=1S/C14H19N3S/c1-17-7-6-16-14(17)9-11(15)13-8-10-4-2-3-5-12(10)18-13/h6-8,11H,2-5,9,15H2,1H3. The van der Waals surface area contributed by atoms with Gasteiger partial charge < -0.3 is 10.3 Å². The first-order valence-electron chi connectivity index (χ1n) is 6.57. The van der Waals surface area contributed by atoms with Crippen LogP contribution in [0, 0.1) is 0 Å². The second-order valence-electron chi connectivity index (χ2n) is 5.07. The molecule has 2 aromatic heterocycles. The molecule has 0 saturated carbocycles. The van der Waals surface area contributed by atoms with Gasteiger partial charge in [0.15, 0.2) is 0 Å². The van der Waals surface area contributed by atoms with Gasteiger partial charge in [-0.05, 0) is 37.3 Å². The Morgan fingerprint density at radius 3 is 3.00 bits per heavy atom. The number of aromatic nitrogens is 2. The maximum absolute atomic E-state index is 6.32. The van der Waals surface area contributed by atoms with E-state index < -0.39 is 0 Å². The fourth-order valence-electron chi connectivity index (χ4n) is 2.59. The summed E-state index contributed by atoms with van der Waals surface area (Å²) in [6.07, 6.45) is 9.78. The maximum atomic E-state index is 6.32. The van der Waals surface area contributed by atoms with Gasteiger partial charge in [0.2, 0.25) is 0 Å². The summed E-state index contributed by atoms with van der Waals surface area (Å²) in [4.78, 5) is 7.24. The molecule has 0 amide bonds. The van der Waals surface area contributed by atoms with Crippen molar-refractivity contribution < 1.29 is 0 Å². The Kier molecular flexibility index (Phi) is 3.22. The summed E-state index contributed by atoms with van der Waals surface area (Å²) in [5, 5.41) is 0. The lowest BCUT2D eigenvalue weighted by Crippen LogP contribution is -2.14. The third-order valence-electron chi connectivity index (χ3n) is 3.70. The minimum Gasteiger partial charge on any atom is -0.338 e. The molecule has 18 heavy (non-hydrogen) atoms. The van der Waals surface area contributed by atoms with Crippen molar-refractivity contribution in [3.05, 3.63) is 39.6 Å². The number of hydrogen-bond donors (Lipinski definition) is 1. The third kappa shape index (κ3) is 2.22. The van der Waals surface area contributed by atoms with Crippen LogP contribution in [0.25, 0.3) is 0 Å². The summed E-state index contributed by atoms with van der Waals surface area (Å²) in [5.41, 5.74) is 7.86. The molecule has 96 valence electrons. The largest absolute Gasteiger partial charge is 0.338 e. The normalized spacial score (nSPS) is 16.6. The smallest absolute Gasteiger partial charge is 0.110 e. The second kappa shape index (κ2) is 4.86. The highest BCUT2D eigenvalue weighted by Crippen LogP contribution is 2.32. The first-order chi connectivity index (χ1) is 8.74. The molecule has 4 heteroatoms. The molecule has 2 aromatic rings. The van der Waals surface area contributed by atoms with Crippen LogP contribution in [0.1, 0.15) is 40.0 Å². The first kappa shape index (κ1) is 11.9. The van der Waals surface area contributed by atoms with Crippen molar-refractivity contribution in [3.8, 4) is 0 Å². The summed E-state index contributed by atoms with van der Waals surface area (Å²) in [6, 6.07) is 2.41. The van der Waals surface area contributed by atoms with Crippen molar-refractivity contribution in [2.45, 2.75) is 38.1 Å². The van der Waals surface area contributed by atoms with Crippen molar-refractivity contribution in [2.75, 3.05) is 0 Å². The SMILES string of the molecule is Cn1ccnc1CC(N)c1cc2c(s1)CCCC2. The van der Waals surface area contributed by atoms with Gasteiger partial charge in [0, 0.05) is 41.7 Å². The lowest BCUT2D eigenvalue weighted by atomic mass is 9.98. The quantitative estimate of drug-likeness (QED) is 0.923. The molecule has 1 atom stereocenters. The molecule has 2 N–H and O–H groups in total. The molecule has 2 heterocycles. The summed E-state index contributed by atoms with van der Waals surface area (Å²) in [6.45, 7) is 0. The van der Waals surface area contributed by atoms with Gasteiger partial charge in [0.05, 0.1) is 0 Å². The van der Waals surface area contributed by atoms with Gasteiger partial charge in [-0.1, -0.05) is 0 Å². The van der Waals surface area contributed by atoms with Gasteiger partial charge in [-0.2, -0.15) is 0 Å². The fourth-order valence-corrected chi connectivity index (χ4v) is 3.85. The number of rotatable bonds is 3. The van der Waals surface area contributed by atoms with Crippen LogP contribution in [0.15, 0.2) is 18.5 Å². The van der Waals surface area contributed by atoms with Gasteiger partial charge in [-0.15, -0.1) is 11.3 Å². The van der Waals surface area contributed by atoms with Crippen LogP contribution in [0.5, 0.6) is 0 Å². The molecule has 1 aliphatic rings. The van der Waals surface area contributed by atoms with Gasteiger partial charge in [-0.3, -0.25) is 0 Å². The minimum absolute atomic E-state index is 0.0849. The number of nitrogens with zero attached hydrogens (tertiary/aromatic N) is 2. The predicted octanol–water partition coefficient (Wildman–Crippen LogP) is 2.60. The first-order valence-corrected chi connectivity index (χ1v) is 7.39. The molecule has 0 aliphatic heterocycles. The topological polar surface area (TPSA) is 43.8 Å². The van der Waals surface area contributed by atoms with E-state index in [9.17, 15) is 0 Å². The molecule has 3 nitrogen and oxygen atoms in total. The van der Waals surface area contributed by atoms with E-state index in [1.807, 2.05) is 35.3 Å². The number of fused-ring (bicyclic) bond motifs is 1. The van der Waals surface area contributed by atoms with E-state index in [0.29, 0.717) is 0 Å². The van der Waals surface area contributed by atoms with Crippen LogP contribution in [0.3, 0.4) is 0 Å². The summed E-state index contributed by atoms with van der Waals surface area (Å²) >= 11 is 1.91. The predicted molar refractivity (Wildman–Crippen MR) is 74.8 cm³/mol. The van der Waals surface area contributed by atoms with Crippen LogP contribution in [-0.4, -0.2) is 9.55 Å². The van der Waals surface area contributed by atoms with Gasteiger partial charge in [0.1, 0.15) is 5.82 Å². The molecular weight excluding hydrogens is 242 g/mol. The maximum Gasteiger partial charge on any atom is 0.110 e. The lowest BCUT2D eigenvalue weighted by Gasteiger charge is -2.09. The van der Waals surface area contributed by atoms with E-state index in [-0.39, 0.29) is 6.04 Å². The summed E-state index contributed by atoms with van der Waals surface area (Å²) in [7, 11) is 2.02. The van der Waals surface area contributed by atoms with Crippen molar-refractivity contribution in [3.63, 3.8) is 0 Å². The molecule has 0 bridgehead atoms. The molecular formula is C14H19N3S. The Bertz CT molecular complexity index is 517. The van der Waals surface area contributed by atoms with Crippen molar-refractivity contribution >= 4 is 11.3 Å². The third-order valence-corrected chi connectivity index (χ3v) is 5.07. The Labute approximate surface area is 112 Å². The Morgan fingerprint density at radius 2 is 2.28 bits per heavy atom. The molecule has 1 unspecified atom stereocenters. The van der Waals surface area contributed by atoms with Crippen molar-refractivity contribution in [2.24, 2.45) is 12.8 Å². The Morgan fingerprint density at radius 1 is 1.44 bits per heavy atom. The number of aryl methyl sites for hydroxylation is 3. The molecule has 0 aromatic carbocycles. The molecule has 0 radical (unpaired) electrons. The minimum atomic E-state index is 0.0849. The fraction of sp³-hybridized carbons (Fsp3) is 0.500. The molecule has 0 spiro atoms. The highest BCUT2D eigenvalue weighted by Gasteiger charge is 2.18. The van der Waals surface area contributed by atoms with Crippen molar-refractivity contribution in [1.82, 2.24) is 9.55 Å². The zero-order chi connectivity index (χ0) is 12.5. The van der Waals surface area contributed by atoms with Crippen LogP contribution in [0.2, 0.25) is 0 Å².